The Bertz CT molecular complexity index is 1130. The van der Waals surface area contributed by atoms with E-state index in [2.05, 4.69) is 16.4 Å². The number of pyridine rings is 1. The van der Waals surface area contributed by atoms with Gasteiger partial charge in [-0.3, -0.25) is 14.7 Å². The fourth-order valence-electron chi connectivity index (χ4n) is 5.58. The van der Waals surface area contributed by atoms with Crippen LogP contribution in [0, 0.1) is 23.2 Å². The van der Waals surface area contributed by atoms with Crippen molar-refractivity contribution in [3.05, 3.63) is 47.8 Å². The van der Waals surface area contributed by atoms with Gasteiger partial charge in [0.15, 0.2) is 0 Å². The van der Waals surface area contributed by atoms with Gasteiger partial charge in [0.25, 0.3) is 5.91 Å². The van der Waals surface area contributed by atoms with Gasteiger partial charge >= 0.3 is 6.09 Å². The summed E-state index contributed by atoms with van der Waals surface area (Å²) in [5.41, 5.74) is 9.44. The SMILES string of the molecule is N#C[C@]1(c2ccc(-c3ccc4c(c3)C[C@H]3[C@H](C(N)=O)OC(=O)N43)cn2)[C@@H]2CNC[C@@H]21. The fourth-order valence-corrected chi connectivity index (χ4v) is 5.58. The van der Waals surface area contributed by atoms with Crippen LogP contribution in [0.4, 0.5) is 10.5 Å². The van der Waals surface area contributed by atoms with Crippen molar-refractivity contribution in [3.63, 3.8) is 0 Å². The number of fused-ring (bicyclic) bond motifs is 4. The van der Waals surface area contributed by atoms with Crippen LogP contribution in [0.3, 0.4) is 0 Å². The number of hydrogen-bond acceptors (Lipinski definition) is 6. The van der Waals surface area contributed by atoms with Gasteiger partial charge in [0, 0.05) is 36.7 Å². The predicted octanol–water partition coefficient (Wildman–Crippen LogP) is 1.09. The number of carbonyl (C=O) groups is 2. The molecule has 150 valence electrons. The van der Waals surface area contributed by atoms with Gasteiger partial charge in [-0.2, -0.15) is 5.26 Å². The van der Waals surface area contributed by atoms with E-state index >= 15 is 0 Å². The molecule has 6 rings (SSSR count). The Morgan fingerprint density at radius 2 is 2.03 bits per heavy atom. The second kappa shape index (κ2) is 5.80. The van der Waals surface area contributed by atoms with E-state index in [1.165, 1.54) is 4.90 Å². The number of nitrogens with one attached hydrogen (secondary N) is 1. The number of carbonyl (C=O) groups excluding carboxylic acids is 2. The number of benzene rings is 1. The van der Waals surface area contributed by atoms with Crippen molar-refractivity contribution < 1.29 is 14.3 Å². The molecule has 4 aliphatic rings. The molecule has 30 heavy (non-hydrogen) atoms. The van der Waals surface area contributed by atoms with Crippen LogP contribution in [0.25, 0.3) is 11.1 Å². The van der Waals surface area contributed by atoms with E-state index in [9.17, 15) is 14.9 Å². The summed E-state index contributed by atoms with van der Waals surface area (Å²) in [4.78, 5) is 30.0. The number of anilines is 1. The lowest BCUT2D eigenvalue weighted by atomic mass is 9.95. The van der Waals surface area contributed by atoms with E-state index in [-0.39, 0.29) is 6.04 Å². The van der Waals surface area contributed by atoms with Crippen molar-refractivity contribution in [3.8, 4) is 17.2 Å². The number of nitriles is 1. The van der Waals surface area contributed by atoms with Gasteiger partial charge in [-0.05, 0) is 35.7 Å². The minimum absolute atomic E-state index is 0.354. The van der Waals surface area contributed by atoms with Gasteiger partial charge in [-0.1, -0.05) is 12.1 Å². The van der Waals surface area contributed by atoms with E-state index in [0.29, 0.717) is 18.3 Å². The first-order chi connectivity index (χ1) is 14.5. The van der Waals surface area contributed by atoms with E-state index in [1.807, 2.05) is 36.5 Å². The van der Waals surface area contributed by atoms with Crippen LogP contribution < -0.4 is 16.0 Å². The highest BCUT2D eigenvalue weighted by Crippen LogP contribution is 2.60. The Morgan fingerprint density at radius 1 is 1.27 bits per heavy atom. The topological polar surface area (TPSA) is 121 Å². The third kappa shape index (κ3) is 2.10. The first-order valence-corrected chi connectivity index (χ1v) is 10.1. The van der Waals surface area contributed by atoms with E-state index < -0.39 is 23.5 Å². The smallest absolute Gasteiger partial charge is 0.415 e. The summed E-state index contributed by atoms with van der Waals surface area (Å²) in [7, 11) is 0. The normalized spacial score (nSPS) is 32.8. The molecular formula is C22H19N5O3. The molecule has 3 aliphatic heterocycles. The minimum Gasteiger partial charge on any atom is -0.433 e. The van der Waals surface area contributed by atoms with E-state index in [4.69, 9.17) is 10.5 Å². The number of ether oxygens (including phenoxy) is 1. The van der Waals surface area contributed by atoms with Crippen molar-refractivity contribution in [1.29, 1.82) is 5.26 Å². The number of nitrogens with zero attached hydrogens (tertiary/aromatic N) is 3. The zero-order chi connectivity index (χ0) is 20.6. The summed E-state index contributed by atoms with van der Waals surface area (Å²) in [6.45, 7) is 1.75. The first kappa shape index (κ1) is 17.4. The van der Waals surface area contributed by atoms with Crippen molar-refractivity contribution in [1.82, 2.24) is 10.3 Å². The molecule has 8 nitrogen and oxygen atoms in total. The number of aromatic nitrogens is 1. The first-order valence-electron chi connectivity index (χ1n) is 10.1. The van der Waals surface area contributed by atoms with Crippen LogP contribution in [0.5, 0.6) is 0 Å². The van der Waals surface area contributed by atoms with Gasteiger partial charge in [0.2, 0.25) is 6.10 Å². The maximum absolute atomic E-state index is 12.2. The second-order valence-corrected chi connectivity index (χ2v) is 8.48. The number of amides is 2. The Kier molecular flexibility index (Phi) is 3.37. The molecule has 0 radical (unpaired) electrons. The maximum atomic E-state index is 12.2. The quantitative estimate of drug-likeness (QED) is 0.794. The second-order valence-electron chi connectivity index (χ2n) is 8.48. The zero-order valence-corrected chi connectivity index (χ0v) is 16.0. The number of hydrogen-bond donors (Lipinski definition) is 2. The number of piperidine rings is 1. The molecule has 5 atom stereocenters. The highest BCUT2D eigenvalue weighted by Gasteiger charge is 2.69. The number of nitrogens with two attached hydrogens (primary N) is 1. The summed E-state index contributed by atoms with van der Waals surface area (Å²) in [6, 6.07) is 11.9. The molecule has 1 aliphatic carbocycles. The van der Waals surface area contributed by atoms with Gasteiger partial charge < -0.3 is 15.8 Å². The Hall–Kier alpha value is -3.44. The third-order valence-corrected chi connectivity index (χ3v) is 7.13. The van der Waals surface area contributed by atoms with E-state index in [1.54, 1.807) is 0 Å². The lowest BCUT2D eigenvalue weighted by Crippen LogP contribution is -2.40. The molecule has 4 heterocycles. The standard InChI is InChI=1S/C22H19N5O3/c23-10-22(14-8-25-9-15(14)22)18-4-2-12(7-26-18)11-1-3-16-13(5-11)6-17-19(20(24)28)30-21(29)27(16)17/h1-5,7,14-15,17,19,25H,6,8-9H2,(H2,24,28)/t14-,15+,17-,19+,22+/m0/s1. The third-order valence-electron chi connectivity index (χ3n) is 7.13. The summed E-state index contributed by atoms with van der Waals surface area (Å²) >= 11 is 0. The Balaban J connectivity index is 1.30. The summed E-state index contributed by atoms with van der Waals surface area (Å²) in [5, 5.41) is 13.1. The molecule has 1 aromatic heterocycles. The van der Waals surface area contributed by atoms with Gasteiger partial charge in [-0.15, -0.1) is 0 Å². The van der Waals surface area contributed by atoms with Crippen molar-refractivity contribution in [2.45, 2.75) is 24.0 Å². The fraction of sp³-hybridized carbons (Fsp3) is 0.364. The number of rotatable bonds is 3. The van der Waals surface area contributed by atoms with Crippen LogP contribution in [-0.4, -0.2) is 42.2 Å². The Morgan fingerprint density at radius 3 is 2.70 bits per heavy atom. The monoisotopic (exact) mass is 401 g/mol. The maximum Gasteiger partial charge on any atom is 0.415 e. The van der Waals surface area contributed by atoms with Crippen LogP contribution in [0.15, 0.2) is 36.5 Å². The molecule has 0 unspecified atom stereocenters. The zero-order valence-electron chi connectivity index (χ0n) is 16.0. The van der Waals surface area contributed by atoms with Gasteiger partial charge in [0.05, 0.1) is 23.5 Å². The molecular weight excluding hydrogens is 382 g/mol. The average Bonchev–Trinajstić information content (AvgIpc) is 3.16. The van der Waals surface area contributed by atoms with Crippen LogP contribution in [0.2, 0.25) is 0 Å². The minimum atomic E-state index is -0.927. The molecule has 0 bridgehead atoms. The lowest BCUT2D eigenvalue weighted by Gasteiger charge is -2.14. The van der Waals surface area contributed by atoms with Crippen LogP contribution in [0.1, 0.15) is 11.3 Å². The molecule has 2 saturated heterocycles. The van der Waals surface area contributed by atoms with Crippen molar-refractivity contribution in [2.75, 3.05) is 18.0 Å². The summed E-state index contributed by atoms with van der Waals surface area (Å²) < 4.78 is 5.13. The average molecular weight is 401 g/mol. The molecule has 3 fully saturated rings. The molecule has 3 N–H and O–H groups in total. The molecule has 2 amide bonds. The van der Waals surface area contributed by atoms with Crippen LogP contribution >= 0.6 is 0 Å². The molecule has 0 spiro atoms. The molecule has 1 aromatic carbocycles. The molecule has 1 saturated carbocycles. The van der Waals surface area contributed by atoms with E-state index in [0.717, 1.165) is 41.2 Å². The number of primary amides is 1. The highest BCUT2D eigenvalue weighted by atomic mass is 16.6. The lowest BCUT2D eigenvalue weighted by molar-refractivity contribution is -0.125. The molecule has 8 heteroatoms. The Labute approximate surface area is 172 Å². The van der Waals surface area contributed by atoms with Crippen molar-refractivity contribution >= 4 is 17.7 Å². The predicted molar refractivity (Wildman–Crippen MR) is 106 cm³/mol. The number of cyclic esters (lactones) is 1. The van der Waals surface area contributed by atoms with Gasteiger partial charge in [-0.25, -0.2) is 4.79 Å². The summed E-state index contributed by atoms with van der Waals surface area (Å²) in [5.74, 6) is 0.0784. The largest absolute Gasteiger partial charge is 0.433 e. The van der Waals surface area contributed by atoms with Crippen molar-refractivity contribution in [2.24, 2.45) is 17.6 Å². The molecule has 2 aromatic rings. The van der Waals surface area contributed by atoms with Gasteiger partial charge in [0.1, 0.15) is 5.41 Å². The highest BCUT2D eigenvalue weighted by molar-refractivity contribution is 5.99. The van der Waals surface area contributed by atoms with Crippen LogP contribution in [-0.2, 0) is 21.4 Å². The summed E-state index contributed by atoms with van der Waals surface area (Å²) in [6.07, 6.45) is 0.868.